The van der Waals surface area contributed by atoms with E-state index >= 15 is 0 Å². The van der Waals surface area contributed by atoms with E-state index in [2.05, 4.69) is 17.1 Å². The van der Waals surface area contributed by atoms with Crippen LogP contribution >= 0.6 is 0 Å². The Balaban J connectivity index is 2.51. The Morgan fingerprint density at radius 2 is 2.00 bits per heavy atom. The van der Waals surface area contributed by atoms with Crippen LogP contribution in [0, 0.1) is 0 Å². The Morgan fingerprint density at radius 1 is 1.27 bits per heavy atom. The van der Waals surface area contributed by atoms with Gasteiger partial charge in [-0.1, -0.05) is 24.8 Å². The first-order chi connectivity index (χ1) is 5.43. The molecule has 0 radical (unpaired) electrons. The minimum atomic E-state index is 0.977. The first-order valence-electron chi connectivity index (χ1n) is 3.38. The van der Waals surface area contributed by atoms with Gasteiger partial charge in [0.1, 0.15) is 0 Å². The van der Waals surface area contributed by atoms with Crippen molar-refractivity contribution in [2.45, 2.75) is 0 Å². The maximum Gasteiger partial charge on any atom is 0.0561 e. The lowest BCUT2D eigenvalue weighted by Crippen LogP contribution is -1.86. The highest BCUT2D eigenvalue weighted by Crippen LogP contribution is 2.03. The van der Waals surface area contributed by atoms with Crippen LogP contribution in [0.25, 0.3) is 0 Å². The fourth-order valence-corrected chi connectivity index (χ4v) is 0.677. The topological polar surface area (TPSA) is 24.4 Å². The molecule has 11 heavy (non-hydrogen) atoms. The van der Waals surface area contributed by atoms with Crippen LogP contribution in [0.2, 0.25) is 0 Å². The second-order valence-corrected chi connectivity index (χ2v) is 1.99. The van der Waals surface area contributed by atoms with Crippen molar-refractivity contribution in [3.05, 3.63) is 43.0 Å². The van der Waals surface area contributed by atoms with E-state index in [0.29, 0.717) is 0 Å². The van der Waals surface area contributed by atoms with E-state index in [1.165, 1.54) is 0 Å². The van der Waals surface area contributed by atoms with Gasteiger partial charge in [0.25, 0.3) is 0 Å². The first-order valence-corrected chi connectivity index (χ1v) is 3.38. The standard InChI is InChI=1S/C9H10N2/c1-2-8-10-11-9-6-4-3-5-7-9/h2-8,11H,1H2/b10-8-. The van der Waals surface area contributed by atoms with Crippen LogP contribution in [0.5, 0.6) is 0 Å². The summed E-state index contributed by atoms with van der Waals surface area (Å²) in [6.45, 7) is 3.50. The van der Waals surface area contributed by atoms with Gasteiger partial charge in [-0.05, 0) is 18.2 Å². The van der Waals surface area contributed by atoms with Crippen LogP contribution in [0.3, 0.4) is 0 Å². The number of nitrogens with one attached hydrogen (secondary N) is 1. The van der Waals surface area contributed by atoms with Gasteiger partial charge >= 0.3 is 0 Å². The van der Waals surface area contributed by atoms with Gasteiger partial charge in [-0.15, -0.1) is 0 Å². The number of hydrogen-bond acceptors (Lipinski definition) is 2. The smallest absolute Gasteiger partial charge is 0.0561 e. The molecule has 56 valence electrons. The quantitative estimate of drug-likeness (QED) is 0.513. The molecule has 0 saturated heterocycles. The molecule has 1 rings (SSSR count). The van der Waals surface area contributed by atoms with Crippen LogP contribution < -0.4 is 5.43 Å². The molecular formula is C9H10N2. The number of rotatable bonds is 3. The zero-order chi connectivity index (χ0) is 7.94. The third-order valence-corrected chi connectivity index (χ3v) is 1.15. The van der Waals surface area contributed by atoms with Crippen LogP contribution in [0.1, 0.15) is 0 Å². The van der Waals surface area contributed by atoms with Crippen molar-refractivity contribution in [1.82, 2.24) is 0 Å². The average molecular weight is 146 g/mol. The zero-order valence-electron chi connectivity index (χ0n) is 6.20. The Bertz CT molecular complexity index is 239. The maximum absolute atomic E-state index is 3.87. The summed E-state index contributed by atoms with van der Waals surface area (Å²) in [7, 11) is 0. The molecule has 0 heterocycles. The van der Waals surface area contributed by atoms with Crippen LogP contribution in [-0.4, -0.2) is 6.21 Å². The summed E-state index contributed by atoms with van der Waals surface area (Å²) in [5.41, 5.74) is 3.82. The van der Waals surface area contributed by atoms with Crippen molar-refractivity contribution in [2.75, 3.05) is 5.43 Å². The molecule has 0 unspecified atom stereocenters. The van der Waals surface area contributed by atoms with E-state index in [4.69, 9.17) is 0 Å². The van der Waals surface area contributed by atoms with Crippen molar-refractivity contribution in [3.8, 4) is 0 Å². The van der Waals surface area contributed by atoms with Gasteiger partial charge in [0.05, 0.1) is 5.69 Å². The predicted molar refractivity (Wildman–Crippen MR) is 48.8 cm³/mol. The molecule has 0 saturated carbocycles. The lowest BCUT2D eigenvalue weighted by molar-refractivity contribution is 1.36. The Kier molecular flexibility index (Phi) is 2.93. The summed E-state index contributed by atoms with van der Waals surface area (Å²) in [5.74, 6) is 0. The van der Waals surface area contributed by atoms with Crippen molar-refractivity contribution in [2.24, 2.45) is 5.10 Å². The summed E-state index contributed by atoms with van der Waals surface area (Å²) in [6, 6.07) is 9.75. The minimum Gasteiger partial charge on any atom is -0.279 e. The summed E-state index contributed by atoms with van der Waals surface area (Å²) < 4.78 is 0. The largest absolute Gasteiger partial charge is 0.279 e. The summed E-state index contributed by atoms with van der Waals surface area (Å²) >= 11 is 0. The molecule has 1 aromatic carbocycles. The number of nitrogens with zero attached hydrogens (tertiary/aromatic N) is 1. The highest BCUT2D eigenvalue weighted by molar-refractivity contribution is 5.71. The normalized spacial score (nSPS) is 9.82. The third kappa shape index (κ3) is 2.67. The molecule has 2 heteroatoms. The molecule has 0 aliphatic rings. The van der Waals surface area contributed by atoms with Gasteiger partial charge in [0.2, 0.25) is 0 Å². The van der Waals surface area contributed by atoms with Gasteiger partial charge in [0.15, 0.2) is 0 Å². The van der Waals surface area contributed by atoms with Crippen LogP contribution in [0.15, 0.2) is 48.1 Å². The van der Waals surface area contributed by atoms with Gasteiger partial charge in [-0.25, -0.2) is 0 Å². The Labute approximate surface area is 66.3 Å². The van der Waals surface area contributed by atoms with Crippen molar-refractivity contribution >= 4 is 11.9 Å². The fourth-order valence-electron chi connectivity index (χ4n) is 0.677. The second kappa shape index (κ2) is 4.28. The third-order valence-electron chi connectivity index (χ3n) is 1.15. The first kappa shape index (κ1) is 7.54. The number of allylic oxidation sites excluding steroid dienone is 1. The summed E-state index contributed by atoms with van der Waals surface area (Å²) in [4.78, 5) is 0. The van der Waals surface area contributed by atoms with E-state index < -0.39 is 0 Å². The molecule has 0 aliphatic heterocycles. The molecule has 0 atom stereocenters. The van der Waals surface area contributed by atoms with E-state index in [9.17, 15) is 0 Å². The van der Waals surface area contributed by atoms with E-state index in [0.717, 1.165) is 5.69 Å². The molecular weight excluding hydrogens is 136 g/mol. The average Bonchev–Trinajstić information content (AvgIpc) is 2.07. The molecule has 0 aromatic heterocycles. The zero-order valence-corrected chi connectivity index (χ0v) is 6.20. The van der Waals surface area contributed by atoms with Crippen molar-refractivity contribution < 1.29 is 0 Å². The maximum atomic E-state index is 3.87. The van der Waals surface area contributed by atoms with Crippen LogP contribution in [-0.2, 0) is 0 Å². The highest BCUT2D eigenvalue weighted by Gasteiger charge is 1.81. The van der Waals surface area contributed by atoms with E-state index in [-0.39, 0.29) is 0 Å². The van der Waals surface area contributed by atoms with Gasteiger partial charge in [0, 0.05) is 6.21 Å². The Morgan fingerprint density at radius 3 is 2.64 bits per heavy atom. The fraction of sp³-hybridized carbons (Fsp3) is 0. The molecule has 0 amide bonds. The number of hydrazone groups is 1. The monoisotopic (exact) mass is 146 g/mol. The van der Waals surface area contributed by atoms with E-state index in [1.54, 1.807) is 12.3 Å². The van der Waals surface area contributed by atoms with Crippen molar-refractivity contribution in [1.29, 1.82) is 0 Å². The SMILES string of the molecule is C=C/C=N\Nc1ccccc1. The number of benzene rings is 1. The van der Waals surface area contributed by atoms with Crippen LogP contribution in [0.4, 0.5) is 5.69 Å². The summed E-state index contributed by atoms with van der Waals surface area (Å²) in [5, 5.41) is 3.87. The Hall–Kier alpha value is -1.57. The van der Waals surface area contributed by atoms with Gasteiger partial charge < -0.3 is 0 Å². The summed E-state index contributed by atoms with van der Waals surface area (Å²) in [6.07, 6.45) is 3.23. The lowest BCUT2D eigenvalue weighted by atomic mass is 10.3. The molecule has 2 nitrogen and oxygen atoms in total. The molecule has 0 spiro atoms. The molecule has 0 aliphatic carbocycles. The number of para-hydroxylation sites is 1. The van der Waals surface area contributed by atoms with Gasteiger partial charge in [-0.2, -0.15) is 5.10 Å². The van der Waals surface area contributed by atoms with Crippen molar-refractivity contribution in [3.63, 3.8) is 0 Å². The minimum absolute atomic E-state index is 0.977. The second-order valence-electron chi connectivity index (χ2n) is 1.99. The molecule has 1 aromatic rings. The van der Waals surface area contributed by atoms with E-state index in [1.807, 2.05) is 30.3 Å². The molecule has 0 fully saturated rings. The number of hydrogen-bond donors (Lipinski definition) is 1. The van der Waals surface area contributed by atoms with Gasteiger partial charge in [-0.3, -0.25) is 5.43 Å². The lowest BCUT2D eigenvalue weighted by Gasteiger charge is -1.95. The predicted octanol–water partition coefficient (Wildman–Crippen LogP) is 2.27. The molecule has 1 N–H and O–H groups in total. The highest BCUT2D eigenvalue weighted by atomic mass is 15.3. The molecule has 0 bridgehead atoms. The number of anilines is 1.